The predicted molar refractivity (Wildman–Crippen MR) is 97.4 cm³/mol. The van der Waals surface area contributed by atoms with Gasteiger partial charge in [-0.05, 0) is 29.4 Å². The van der Waals surface area contributed by atoms with E-state index in [4.69, 9.17) is 0 Å². The lowest BCUT2D eigenvalue weighted by molar-refractivity contribution is 0.469. The van der Waals surface area contributed by atoms with Gasteiger partial charge in [-0.25, -0.2) is 0 Å². The van der Waals surface area contributed by atoms with E-state index >= 15 is 0 Å². The quantitative estimate of drug-likeness (QED) is 0.238. The minimum atomic E-state index is 0.783. The Hall–Kier alpha value is -0.170. The molecule has 0 aromatic rings. The van der Waals surface area contributed by atoms with Crippen molar-refractivity contribution in [3.63, 3.8) is 0 Å². The van der Waals surface area contributed by atoms with E-state index in [0.29, 0.717) is 0 Å². The van der Waals surface area contributed by atoms with Crippen molar-refractivity contribution in [2.45, 2.75) is 85.0 Å². The molecule has 20 heavy (non-hydrogen) atoms. The molecule has 1 unspecified atom stereocenters. The lowest BCUT2D eigenvalue weighted by Gasteiger charge is -2.20. The highest BCUT2D eigenvalue weighted by Gasteiger charge is 2.13. The second-order valence-corrected chi connectivity index (χ2v) is 6.97. The first-order valence-electron chi connectivity index (χ1n) is 8.75. The standard InChI is InChI=1S/C19H36S/c1-5-9-11-12-14-17-18(16-13-10-6-2)19(15-7-3)20-8-4/h7,15,18H,3,5-6,8-14,16-17H2,1-2,4H3/b19-15-. The van der Waals surface area contributed by atoms with Crippen LogP contribution in [0, 0.1) is 5.92 Å². The molecule has 0 aromatic carbocycles. The SMILES string of the molecule is C=C/C=C(\SCC)C(CCCCC)CCCCCCC. The zero-order chi connectivity index (χ0) is 15.1. The summed E-state index contributed by atoms with van der Waals surface area (Å²) >= 11 is 2.03. The van der Waals surface area contributed by atoms with Gasteiger partial charge in [0.05, 0.1) is 0 Å². The topological polar surface area (TPSA) is 0 Å². The molecule has 0 aromatic heterocycles. The van der Waals surface area contributed by atoms with Crippen LogP contribution in [0.2, 0.25) is 0 Å². The molecule has 0 rings (SSSR count). The van der Waals surface area contributed by atoms with Crippen LogP contribution >= 0.6 is 11.8 Å². The molecule has 0 aliphatic carbocycles. The Morgan fingerprint density at radius 1 is 0.900 bits per heavy atom. The summed E-state index contributed by atoms with van der Waals surface area (Å²) in [6.45, 7) is 10.7. The number of hydrogen-bond acceptors (Lipinski definition) is 1. The van der Waals surface area contributed by atoms with Crippen LogP contribution in [0.4, 0.5) is 0 Å². The Balaban J connectivity index is 4.29. The van der Waals surface area contributed by atoms with Gasteiger partial charge < -0.3 is 0 Å². The molecular weight excluding hydrogens is 260 g/mol. The molecule has 0 spiro atoms. The highest BCUT2D eigenvalue weighted by atomic mass is 32.2. The molecule has 118 valence electrons. The van der Waals surface area contributed by atoms with Gasteiger partial charge in [0.2, 0.25) is 0 Å². The van der Waals surface area contributed by atoms with Gasteiger partial charge in [-0.3, -0.25) is 0 Å². The fraction of sp³-hybridized carbons (Fsp3) is 0.789. The monoisotopic (exact) mass is 296 g/mol. The molecule has 0 fully saturated rings. The van der Waals surface area contributed by atoms with Gasteiger partial charge in [-0.1, -0.05) is 90.9 Å². The van der Waals surface area contributed by atoms with Crippen molar-refractivity contribution >= 4 is 11.8 Å². The molecule has 0 nitrogen and oxygen atoms in total. The Kier molecular flexibility index (Phi) is 15.1. The summed E-state index contributed by atoms with van der Waals surface area (Å²) in [6.07, 6.45) is 18.0. The largest absolute Gasteiger partial charge is 0.131 e. The van der Waals surface area contributed by atoms with Crippen molar-refractivity contribution in [1.82, 2.24) is 0 Å². The van der Waals surface area contributed by atoms with Crippen molar-refractivity contribution in [3.8, 4) is 0 Å². The molecule has 0 heterocycles. The molecule has 1 atom stereocenters. The number of rotatable bonds is 14. The first kappa shape index (κ1) is 19.8. The summed E-state index contributed by atoms with van der Waals surface area (Å²) in [6, 6.07) is 0. The van der Waals surface area contributed by atoms with Crippen LogP contribution < -0.4 is 0 Å². The van der Waals surface area contributed by atoms with Gasteiger partial charge in [0, 0.05) is 0 Å². The Morgan fingerprint density at radius 3 is 2.00 bits per heavy atom. The predicted octanol–water partition coefficient (Wildman–Crippen LogP) is 7.37. The van der Waals surface area contributed by atoms with E-state index in [1.54, 1.807) is 4.91 Å². The van der Waals surface area contributed by atoms with Crippen molar-refractivity contribution in [3.05, 3.63) is 23.6 Å². The number of unbranched alkanes of at least 4 members (excludes halogenated alkanes) is 6. The first-order chi connectivity index (χ1) is 9.79. The highest BCUT2D eigenvalue weighted by Crippen LogP contribution is 2.32. The van der Waals surface area contributed by atoms with Gasteiger partial charge in [0.25, 0.3) is 0 Å². The fourth-order valence-electron chi connectivity index (χ4n) is 2.65. The number of allylic oxidation sites excluding steroid dienone is 3. The zero-order valence-electron chi connectivity index (χ0n) is 14.1. The van der Waals surface area contributed by atoms with Crippen LogP contribution in [0.3, 0.4) is 0 Å². The molecule has 0 radical (unpaired) electrons. The average Bonchev–Trinajstić information content (AvgIpc) is 2.45. The summed E-state index contributed by atoms with van der Waals surface area (Å²) in [4.78, 5) is 1.58. The maximum atomic E-state index is 3.89. The molecule has 0 saturated carbocycles. The van der Waals surface area contributed by atoms with Crippen molar-refractivity contribution in [2.75, 3.05) is 5.75 Å². The summed E-state index contributed by atoms with van der Waals surface area (Å²) in [5, 5.41) is 0. The van der Waals surface area contributed by atoms with E-state index in [9.17, 15) is 0 Å². The Morgan fingerprint density at radius 2 is 1.45 bits per heavy atom. The van der Waals surface area contributed by atoms with Crippen LogP contribution in [0.5, 0.6) is 0 Å². The molecule has 0 N–H and O–H groups in total. The van der Waals surface area contributed by atoms with E-state index in [2.05, 4.69) is 33.4 Å². The third kappa shape index (κ3) is 10.6. The van der Waals surface area contributed by atoms with Crippen molar-refractivity contribution < 1.29 is 0 Å². The fourth-order valence-corrected chi connectivity index (χ4v) is 3.65. The number of hydrogen-bond donors (Lipinski definition) is 0. The Bertz CT molecular complexity index is 242. The Labute approximate surface area is 132 Å². The molecular formula is C19H36S. The normalized spacial score (nSPS) is 13.4. The second-order valence-electron chi connectivity index (χ2n) is 5.63. The third-order valence-electron chi connectivity index (χ3n) is 3.81. The highest BCUT2D eigenvalue weighted by molar-refractivity contribution is 8.03. The molecule has 0 saturated heterocycles. The van der Waals surface area contributed by atoms with Crippen LogP contribution in [0.1, 0.15) is 85.0 Å². The summed E-state index contributed by atoms with van der Waals surface area (Å²) in [5.41, 5.74) is 0. The number of thioether (sulfide) groups is 1. The molecule has 0 aliphatic heterocycles. The average molecular weight is 297 g/mol. The summed E-state index contributed by atoms with van der Waals surface area (Å²) < 4.78 is 0. The lowest BCUT2D eigenvalue weighted by Crippen LogP contribution is -2.03. The summed E-state index contributed by atoms with van der Waals surface area (Å²) in [5.74, 6) is 1.96. The smallest absolute Gasteiger partial charge is 0.00516 e. The first-order valence-corrected chi connectivity index (χ1v) is 9.74. The van der Waals surface area contributed by atoms with Crippen molar-refractivity contribution in [1.29, 1.82) is 0 Å². The van der Waals surface area contributed by atoms with E-state index in [1.165, 1.54) is 70.0 Å². The van der Waals surface area contributed by atoms with E-state index in [-0.39, 0.29) is 0 Å². The van der Waals surface area contributed by atoms with E-state index in [1.807, 2.05) is 17.8 Å². The van der Waals surface area contributed by atoms with Crippen LogP contribution in [-0.2, 0) is 0 Å². The van der Waals surface area contributed by atoms with Gasteiger partial charge >= 0.3 is 0 Å². The molecule has 0 amide bonds. The zero-order valence-corrected chi connectivity index (χ0v) is 14.9. The maximum absolute atomic E-state index is 3.89. The molecule has 0 aliphatic rings. The third-order valence-corrected chi connectivity index (χ3v) is 4.90. The van der Waals surface area contributed by atoms with Gasteiger partial charge in [-0.15, -0.1) is 11.8 Å². The second kappa shape index (κ2) is 15.2. The van der Waals surface area contributed by atoms with Crippen LogP contribution in [0.15, 0.2) is 23.6 Å². The van der Waals surface area contributed by atoms with Gasteiger partial charge in [0.15, 0.2) is 0 Å². The maximum Gasteiger partial charge on any atom is -0.00516 e. The molecule has 0 bridgehead atoms. The van der Waals surface area contributed by atoms with Crippen LogP contribution in [0.25, 0.3) is 0 Å². The minimum absolute atomic E-state index is 0.783. The van der Waals surface area contributed by atoms with Crippen LogP contribution in [-0.4, -0.2) is 5.75 Å². The summed E-state index contributed by atoms with van der Waals surface area (Å²) in [7, 11) is 0. The van der Waals surface area contributed by atoms with Gasteiger partial charge in [-0.2, -0.15) is 0 Å². The molecule has 1 heteroatoms. The minimum Gasteiger partial charge on any atom is -0.131 e. The van der Waals surface area contributed by atoms with E-state index in [0.717, 1.165) is 5.92 Å². The van der Waals surface area contributed by atoms with Gasteiger partial charge in [0.1, 0.15) is 0 Å². The van der Waals surface area contributed by atoms with Crippen molar-refractivity contribution in [2.24, 2.45) is 5.92 Å². The van der Waals surface area contributed by atoms with E-state index < -0.39 is 0 Å². The lowest BCUT2D eigenvalue weighted by atomic mass is 9.94.